The molecule has 0 aliphatic rings. The molecule has 0 amide bonds. The zero-order valence-corrected chi connectivity index (χ0v) is 15.8. The summed E-state index contributed by atoms with van der Waals surface area (Å²) in [5.41, 5.74) is 1.59. The molecule has 23 heavy (non-hydrogen) atoms. The van der Waals surface area contributed by atoms with Crippen molar-refractivity contribution in [3.05, 3.63) is 16.4 Å². The number of rotatable bonds is 9. The molecule has 0 aliphatic carbocycles. The van der Waals surface area contributed by atoms with Gasteiger partial charge in [0, 0.05) is 25.1 Å². The highest BCUT2D eigenvalue weighted by Crippen LogP contribution is 2.20. The van der Waals surface area contributed by atoms with Crippen LogP contribution in [0, 0.1) is 6.92 Å². The third kappa shape index (κ3) is 7.36. The lowest BCUT2D eigenvalue weighted by Gasteiger charge is -2.19. The van der Waals surface area contributed by atoms with E-state index in [0.29, 0.717) is 13.0 Å². The van der Waals surface area contributed by atoms with Gasteiger partial charge < -0.3 is 10.1 Å². The second-order valence-corrected chi connectivity index (χ2v) is 7.16. The van der Waals surface area contributed by atoms with Crippen LogP contribution in [0.2, 0.25) is 5.15 Å². The van der Waals surface area contributed by atoms with Gasteiger partial charge in [0.05, 0.1) is 5.69 Å². The molecule has 0 saturated carbocycles. The quantitative estimate of drug-likeness (QED) is 0.546. The number of hydrogen-bond donors (Lipinski definition) is 1. The molecular weight excluding hydrogens is 314 g/mol. The van der Waals surface area contributed by atoms with E-state index >= 15 is 0 Å². The van der Waals surface area contributed by atoms with Gasteiger partial charge >= 0.3 is 5.97 Å². The van der Waals surface area contributed by atoms with E-state index in [4.69, 9.17) is 16.3 Å². The number of unbranched alkanes of at least 4 members (excludes halogenated alkanes) is 1. The zero-order valence-electron chi connectivity index (χ0n) is 15.0. The number of hydrogen-bond acceptors (Lipinski definition) is 4. The number of halogens is 1. The Morgan fingerprint density at radius 1 is 1.35 bits per heavy atom. The summed E-state index contributed by atoms with van der Waals surface area (Å²) in [5, 5.41) is 8.53. The minimum atomic E-state index is -0.414. The molecule has 1 aromatic heterocycles. The predicted molar refractivity (Wildman–Crippen MR) is 93.7 cm³/mol. The molecule has 0 spiro atoms. The van der Waals surface area contributed by atoms with Gasteiger partial charge in [-0.25, -0.2) is 0 Å². The summed E-state index contributed by atoms with van der Waals surface area (Å²) in [6.45, 7) is 12.0. The van der Waals surface area contributed by atoms with Crippen LogP contribution in [0.5, 0.6) is 0 Å². The highest BCUT2D eigenvalue weighted by Gasteiger charge is 2.16. The maximum atomic E-state index is 11.6. The van der Waals surface area contributed by atoms with E-state index in [1.807, 2.05) is 32.4 Å². The molecule has 0 aromatic carbocycles. The standard InChI is InChI=1S/C17H30ClN3O2/c1-6-7-11-21-16(18)14(13(2)20-21)12-19-10-8-9-15(22)23-17(3,4)5/h19H,6-12H2,1-5H3. The number of ether oxygens (including phenoxy) is 1. The Kier molecular flexibility index (Phi) is 8.06. The Morgan fingerprint density at radius 3 is 2.65 bits per heavy atom. The number of esters is 1. The molecule has 0 unspecified atom stereocenters. The van der Waals surface area contributed by atoms with Crippen LogP contribution in [0.25, 0.3) is 0 Å². The summed E-state index contributed by atoms with van der Waals surface area (Å²) < 4.78 is 7.15. The first-order valence-corrected chi connectivity index (χ1v) is 8.76. The highest BCUT2D eigenvalue weighted by molar-refractivity contribution is 6.30. The second-order valence-electron chi connectivity index (χ2n) is 6.80. The fraction of sp³-hybridized carbons (Fsp3) is 0.765. The summed E-state index contributed by atoms with van der Waals surface area (Å²) in [5.74, 6) is -0.152. The van der Waals surface area contributed by atoms with E-state index in [2.05, 4.69) is 17.3 Å². The fourth-order valence-corrected chi connectivity index (χ4v) is 2.54. The average molecular weight is 344 g/mol. The highest BCUT2D eigenvalue weighted by atomic mass is 35.5. The van der Waals surface area contributed by atoms with Crippen LogP contribution < -0.4 is 5.32 Å². The van der Waals surface area contributed by atoms with Crippen molar-refractivity contribution in [2.75, 3.05) is 6.54 Å². The van der Waals surface area contributed by atoms with Crippen molar-refractivity contribution in [2.45, 2.75) is 79.0 Å². The summed E-state index contributed by atoms with van der Waals surface area (Å²) >= 11 is 6.39. The Balaban J connectivity index is 2.33. The van der Waals surface area contributed by atoms with Gasteiger partial charge in [-0.15, -0.1) is 0 Å². The molecular formula is C17H30ClN3O2. The smallest absolute Gasteiger partial charge is 0.306 e. The lowest BCUT2D eigenvalue weighted by Crippen LogP contribution is -2.24. The van der Waals surface area contributed by atoms with Gasteiger partial charge in [-0.2, -0.15) is 5.10 Å². The molecule has 0 fully saturated rings. The summed E-state index contributed by atoms with van der Waals surface area (Å²) in [6.07, 6.45) is 3.36. The first-order chi connectivity index (χ1) is 10.7. The molecule has 0 radical (unpaired) electrons. The van der Waals surface area contributed by atoms with E-state index in [1.54, 1.807) is 0 Å². The Labute approximate surface area is 144 Å². The summed E-state index contributed by atoms with van der Waals surface area (Å²) in [7, 11) is 0. The molecule has 1 N–H and O–H groups in total. The second kappa shape index (κ2) is 9.28. The van der Waals surface area contributed by atoms with E-state index in [9.17, 15) is 4.79 Å². The van der Waals surface area contributed by atoms with E-state index in [0.717, 1.165) is 48.8 Å². The van der Waals surface area contributed by atoms with Crippen molar-refractivity contribution < 1.29 is 9.53 Å². The molecule has 5 nitrogen and oxygen atoms in total. The molecule has 0 saturated heterocycles. The third-order valence-corrected chi connectivity index (χ3v) is 3.79. The molecule has 0 aliphatic heterocycles. The van der Waals surface area contributed by atoms with Crippen LogP contribution in [-0.4, -0.2) is 27.9 Å². The van der Waals surface area contributed by atoms with Gasteiger partial charge in [-0.1, -0.05) is 24.9 Å². The van der Waals surface area contributed by atoms with Gasteiger partial charge in [0.2, 0.25) is 0 Å². The van der Waals surface area contributed by atoms with E-state index < -0.39 is 5.60 Å². The molecule has 1 rings (SSSR count). The number of aromatic nitrogens is 2. The van der Waals surface area contributed by atoms with E-state index in [1.165, 1.54) is 0 Å². The van der Waals surface area contributed by atoms with Crippen LogP contribution in [0.3, 0.4) is 0 Å². The van der Waals surface area contributed by atoms with Crippen LogP contribution in [0.4, 0.5) is 0 Å². The van der Waals surface area contributed by atoms with Crippen molar-refractivity contribution in [1.82, 2.24) is 15.1 Å². The Bertz CT molecular complexity index is 507. The fourth-order valence-electron chi connectivity index (χ4n) is 2.21. The zero-order chi connectivity index (χ0) is 17.5. The topological polar surface area (TPSA) is 56.2 Å². The maximum Gasteiger partial charge on any atom is 0.306 e. The maximum absolute atomic E-state index is 11.6. The van der Waals surface area contributed by atoms with Crippen LogP contribution in [0.1, 0.15) is 64.6 Å². The van der Waals surface area contributed by atoms with E-state index in [-0.39, 0.29) is 5.97 Å². The van der Waals surface area contributed by atoms with Gasteiger partial charge in [-0.3, -0.25) is 9.48 Å². The minimum absolute atomic E-state index is 0.152. The molecule has 1 aromatic rings. The molecule has 1 heterocycles. The molecule has 6 heteroatoms. The van der Waals surface area contributed by atoms with Crippen molar-refractivity contribution in [3.63, 3.8) is 0 Å². The average Bonchev–Trinajstić information content (AvgIpc) is 2.69. The van der Waals surface area contributed by atoms with Crippen molar-refractivity contribution in [3.8, 4) is 0 Å². The summed E-state index contributed by atoms with van der Waals surface area (Å²) in [4.78, 5) is 11.6. The Hall–Kier alpha value is -1.07. The van der Waals surface area contributed by atoms with Gasteiger partial charge in [0.25, 0.3) is 0 Å². The predicted octanol–water partition coefficient (Wildman–Crippen LogP) is 3.86. The SMILES string of the molecule is CCCCn1nc(C)c(CNCCCC(=O)OC(C)(C)C)c1Cl. The largest absolute Gasteiger partial charge is 0.460 e. The lowest BCUT2D eigenvalue weighted by molar-refractivity contribution is -0.154. The molecule has 0 atom stereocenters. The number of carbonyl (C=O) groups is 1. The van der Waals surface area contributed by atoms with Crippen LogP contribution in [-0.2, 0) is 22.6 Å². The van der Waals surface area contributed by atoms with Crippen molar-refractivity contribution >= 4 is 17.6 Å². The van der Waals surface area contributed by atoms with Gasteiger partial charge in [0.1, 0.15) is 10.8 Å². The number of nitrogens with zero attached hydrogens (tertiary/aromatic N) is 2. The van der Waals surface area contributed by atoms with Crippen LogP contribution >= 0.6 is 11.6 Å². The molecule has 0 bridgehead atoms. The third-order valence-electron chi connectivity index (χ3n) is 3.36. The first-order valence-electron chi connectivity index (χ1n) is 8.39. The van der Waals surface area contributed by atoms with Gasteiger partial charge in [0.15, 0.2) is 0 Å². The lowest BCUT2D eigenvalue weighted by atomic mass is 10.2. The Morgan fingerprint density at radius 2 is 2.04 bits per heavy atom. The van der Waals surface area contributed by atoms with Crippen molar-refractivity contribution in [2.24, 2.45) is 0 Å². The van der Waals surface area contributed by atoms with Crippen molar-refractivity contribution in [1.29, 1.82) is 0 Å². The normalized spacial score (nSPS) is 11.7. The number of carbonyl (C=O) groups excluding carboxylic acids is 1. The first kappa shape index (κ1) is 20.0. The number of nitrogens with one attached hydrogen (secondary N) is 1. The minimum Gasteiger partial charge on any atom is -0.460 e. The molecule has 132 valence electrons. The summed E-state index contributed by atoms with van der Waals surface area (Å²) in [6, 6.07) is 0. The monoisotopic (exact) mass is 343 g/mol. The number of aryl methyl sites for hydroxylation is 2. The van der Waals surface area contributed by atoms with Gasteiger partial charge in [-0.05, 0) is 47.1 Å². The van der Waals surface area contributed by atoms with Crippen LogP contribution in [0.15, 0.2) is 0 Å².